The minimum atomic E-state index is -0.398. The van der Waals surface area contributed by atoms with Crippen molar-refractivity contribution in [3.05, 3.63) is 89.5 Å². The summed E-state index contributed by atoms with van der Waals surface area (Å²) in [5, 5.41) is 0. The van der Waals surface area contributed by atoms with E-state index < -0.39 is 5.60 Å². The number of benzene rings is 3. The number of nitrogens with zero attached hydrogens (tertiary/aromatic N) is 1. The number of methoxy groups -OCH3 is 1. The van der Waals surface area contributed by atoms with E-state index in [-0.39, 0.29) is 11.8 Å². The zero-order valence-electron chi connectivity index (χ0n) is 21.1. The lowest BCUT2D eigenvalue weighted by atomic mass is 9.68. The van der Waals surface area contributed by atoms with Crippen LogP contribution < -0.4 is 14.2 Å². The third kappa shape index (κ3) is 5.07. The highest BCUT2D eigenvalue weighted by Gasteiger charge is 2.45. The molecule has 4 heteroatoms. The lowest BCUT2D eigenvalue weighted by Gasteiger charge is -2.45. The number of fused-ring (bicyclic) bond motifs is 1. The molecule has 0 saturated heterocycles. The first-order valence-corrected chi connectivity index (χ1v) is 12.3. The summed E-state index contributed by atoms with van der Waals surface area (Å²) in [4.78, 5) is 2.37. The van der Waals surface area contributed by atoms with Gasteiger partial charge in [0.2, 0.25) is 0 Å². The molecule has 4 rings (SSSR count). The van der Waals surface area contributed by atoms with Crippen molar-refractivity contribution in [2.45, 2.75) is 45.1 Å². The predicted molar refractivity (Wildman–Crippen MR) is 138 cm³/mol. The first kappa shape index (κ1) is 24.2. The van der Waals surface area contributed by atoms with E-state index in [2.05, 4.69) is 93.3 Å². The van der Waals surface area contributed by atoms with E-state index in [0.717, 1.165) is 36.9 Å². The van der Waals surface area contributed by atoms with E-state index >= 15 is 0 Å². The molecule has 0 fully saturated rings. The van der Waals surface area contributed by atoms with Crippen molar-refractivity contribution in [2.75, 3.05) is 33.4 Å². The smallest absolute Gasteiger partial charge is 0.127 e. The van der Waals surface area contributed by atoms with E-state index in [1.165, 1.54) is 16.7 Å². The van der Waals surface area contributed by atoms with Crippen LogP contribution in [0.3, 0.4) is 0 Å². The Balaban J connectivity index is 1.68. The van der Waals surface area contributed by atoms with E-state index in [1.807, 2.05) is 12.1 Å². The van der Waals surface area contributed by atoms with Crippen LogP contribution in [0.15, 0.2) is 72.8 Å². The van der Waals surface area contributed by atoms with Crippen molar-refractivity contribution in [3.8, 4) is 17.2 Å². The Labute approximate surface area is 204 Å². The summed E-state index contributed by atoms with van der Waals surface area (Å²) >= 11 is 0. The average Bonchev–Trinajstić information content (AvgIpc) is 2.86. The second-order valence-electron chi connectivity index (χ2n) is 9.42. The van der Waals surface area contributed by atoms with Gasteiger partial charge in [0.1, 0.15) is 29.5 Å². The minimum absolute atomic E-state index is 0.150. The SMILES string of the molecule is CCN(CC)CCOc1ccc([C@@H]2c3ccc(OC)cc3OC(C)(C)[C@H]2c2ccccc2)cc1. The van der Waals surface area contributed by atoms with E-state index in [0.29, 0.717) is 6.61 Å². The third-order valence-corrected chi connectivity index (χ3v) is 6.98. The van der Waals surface area contributed by atoms with Crippen LogP contribution in [0.25, 0.3) is 0 Å². The molecule has 0 unspecified atom stereocenters. The Bertz CT molecular complexity index is 1060. The Morgan fingerprint density at radius 1 is 0.853 bits per heavy atom. The van der Waals surface area contributed by atoms with Gasteiger partial charge in [-0.15, -0.1) is 0 Å². The largest absolute Gasteiger partial charge is 0.497 e. The summed E-state index contributed by atoms with van der Waals surface area (Å²) in [7, 11) is 1.69. The van der Waals surface area contributed by atoms with Gasteiger partial charge in [-0.1, -0.05) is 62.4 Å². The second kappa shape index (κ2) is 10.5. The standard InChI is InChI=1S/C30H37NO3/c1-6-31(7-2)19-20-33-24-15-13-22(14-16-24)28-26-18-17-25(32-5)21-27(26)34-30(3,4)29(28)23-11-9-8-10-12-23/h8-18,21,28-29H,6-7,19-20H2,1-5H3/t28-,29+/m1/s1. The van der Waals surface area contributed by atoms with Gasteiger partial charge in [0.05, 0.1) is 7.11 Å². The van der Waals surface area contributed by atoms with Crippen molar-refractivity contribution < 1.29 is 14.2 Å². The van der Waals surface area contributed by atoms with E-state index in [4.69, 9.17) is 14.2 Å². The summed E-state index contributed by atoms with van der Waals surface area (Å²) < 4.78 is 18.1. The quantitative estimate of drug-likeness (QED) is 0.365. The molecule has 2 atom stereocenters. The molecule has 0 aliphatic carbocycles. The van der Waals surface area contributed by atoms with Gasteiger partial charge in [-0.25, -0.2) is 0 Å². The lowest BCUT2D eigenvalue weighted by Crippen LogP contribution is -2.43. The van der Waals surface area contributed by atoms with Crippen LogP contribution in [0.5, 0.6) is 17.2 Å². The summed E-state index contributed by atoms with van der Waals surface area (Å²) in [5.74, 6) is 2.92. The van der Waals surface area contributed by atoms with Crippen LogP contribution in [0.4, 0.5) is 0 Å². The van der Waals surface area contributed by atoms with Crippen molar-refractivity contribution in [3.63, 3.8) is 0 Å². The fourth-order valence-electron chi connectivity index (χ4n) is 5.14. The number of rotatable bonds is 9. The molecule has 0 spiro atoms. The Morgan fingerprint density at radius 3 is 2.18 bits per heavy atom. The molecule has 34 heavy (non-hydrogen) atoms. The minimum Gasteiger partial charge on any atom is -0.497 e. The zero-order chi connectivity index (χ0) is 24.1. The molecule has 1 aliphatic rings. The molecule has 180 valence electrons. The molecule has 3 aromatic rings. The van der Waals surface area contributed by atoms with Crippen LogP contribution in [-0.2, 0) is 0 Å². The van der Waals surface area contributed by atoms with Gasteiger partial charge in [-0.3, -0.25) is 0 Å². The maximum atomic E-state index is 6.59. The molecule has 0 N–H and O–H groups in total. The maximum absolute atomic E-state index is 6.59. The molecule has 0 radical (unpaired) electrons. The lowest BCUT2D eigenvalue weighted by molar-refractivity contribution is 0.0528. The highest BCUT2D eigenvalue weighted by Crippen LogP contribution is 2.53. The van der Waals surface area contributed by atoms with E-state index in [1.54, 1.807) is 7.11 Å². The van der Waals surface area contributed by atoms with Gasteiger partial charge < -0.3 is 19.1 Å². The first-order valence-electron chi connectivity index (χ1n) is 12.3. The molecule has 0 bridgehead atoms. The van der Waals surface area contributed by atoms with Crippen LogP contribution in [0.1, 0.15) is 56.2 Å². The van der Waals surface area contributed by atoms with Gasteiger partial charge >= 0.3 is 0 Å². The highest BCUT2D eigenvalue weighted by atomic mass is 16.5. The van der Waals surface area contributed by atoms with Gasteiger partial charge in [-0.05, 0) is 56.3 Å². The Morgan fingerprint density at radius 2 is 1.53 bits per heavy atom. The van der Waals surface area contributed by atoms with Gasteiger partial charge in [0, 0.05) is 30.0 Å². The van der Waals surface area contributed by atoms with E-state index in [9.17, 15) is 0 Å². The number of hydrogen-bond donors (Lipinski definition) is 0. The first-order chi connectivity index (χ1) is 16.5. The highest BCUT2D eigenvalue weighted by molar-refractivity contribution is 5.52. The van der Waals surface area contributed by atoms with Crippen LogP contribution >= 0.6 is 0 Å². The van der Waals surface area contributed by atoms with Crippen molar-refractivity contribution >= 4 is 0 Å². The van der Waals surface area contributed by atoms with Gasteiger partial charge in [0.15, 0.2) is 0 Å². The Kier molecular flexibility index (Phi) is 7.47. The molecule has 1 aliphatic heterocycles. The normalized spacial score (nSPS) is 18.8. The third-order valence-electron chi connectivity index (χ3n) is 6.98. The molecule has 0 aromatic heterocycles. The number of hydrogen-bond acceptors (Lipinski definition) is 4. The van der Waals surface area contributed by atoms with Crippen molar-refractivity contribution in [1.82, 2.24) is 4.90 Å². The molecule has 0 amide bonds. The molecule has 4 nitrogen and oxygen atoms in total. The number of likely N-dealkylation sites (N-methyl/N-ethyl adjacent to an activating group) is 1. The molecule has 3 aromatic carbocycles. The number of ether oxygens (including phenoxy) is 3. The van der Waals surface area contributed by atoms with Crippen molar-refractivity contribution in [1.29, 1.82) is 0 Å². The molecule has 0 saturated carbocycles. The van der Waals surface area contributed by atoms with Gasteiger partial charge in [0.25, 0.3) is 0 Å². The average molecular weight is 460 g/mol. The topological polar surface area (TPSA) is 30.9 Å². The second-order valence-corrected chi connectivity index (χ2v) is 9.42. The van der Waals surface area contributed by atoms with Crippen LogP contribution in [0, 0.1) is 0 Å². The summed E-state index contributed by atoms with van der Waals surface area (Å²) in [6.45, 7) is 12.5. The zero-order valence-corrected chi connectivity index (χ0v) is 21.1. The van der Waals surface area contributed by atoms with Gasteiger partial charge in [-0.2, -0.15) is 0 Å². The summed E-state index contributed by atoms with van der Waals surface area (Å²) in [6, 6.07) is 25.5. The fourth-order valence-corrected chi connectivity index (χ4v) is 5.14. The Hall–Kier alpha value is -2.98. The molecular weight excluding hydrogens is 422 g/mol. The van der Waals surface area contributed by atoms with Crippen LogP contribution in [0.2, 0.25) is 0 Å². The predicted octanol–water partition coefficient (Wildman–Crippen LogP) is 6.50. The maximum Gasteiger partial charge on any atom is 0.127 e. The van der Waals surface area contributed by atoms with Crippen molar-refractivity contribution in [2.24, 2.45) is 0 Å². The van der Waals surface area contributed by atoms with Crippen LogP contribution in [-0.4, -0.2) is 43.9 Å². The molecule has 1 heterocycles. The molecular formula is C30H37NO3. The summed E-state index contributed by atoms with van der Waals surface area (Å²) in [6.07, 6.45) is 0. The monoisotopic (exact) mass is 459 g/mol. The fraction of sp³-hybridized carbons (Fsp3) is 0.400. The summed E-state index contributed by atoms with van der Waals surface area (Å²) in [5.41, 5.74) is 3.32.